The highest BCUT2D eigenvalue weighted by atomic mass is 19.3. The fourth-order valence-electron chi connectivity index (χ4n) is 2.19. The number of nitrogens with zero attached hydrogens (tertiary/aromatic N) is 1. The summed E-state index contributed by atoms with van der Waals surface area (Å²) in [6.45, 7) is 0.996. The topological polar surface area (TPSA) is 38.8 Å². The maximum absolute atomic E-state index is 12.8. The normalized spacial score (nSPS) is 10.3. The molecule has 0 N–H and O–H groups in total. The Morgan fingerprint density at radius 3 is 2.50 bits per heavy atom. The Morgan fingerprint density at radius 1 is 1.21 bits per heavy atom. The van der Waals surface area contributed by atoms with E-state index in [-0.39, 0.29) is 17.4 Å². The van der Waals surface area contributed by atoms with Gasteiger partial charge in [0, 0.05) is 17.8 Å². The number of ether oxygens (including phenoxy) is 2. The number of methoxy groups -OCH3 is 1. The van der Waals surface area contributed by atoms with E-state index in [1.165, 1.54) is 30.2 Å². The molecule has 4 nitrogen and oxygen atoms in total. The molecular formula is C18H17F2NO3. The lowest BCUT2D eigenvalue weighted by Crippen LogP contribution is -2.31. The van der Waals surface area contributed by atoms with Gasteiger partial charge >= 0.3 is 6.61 Å². The molecule has 0 radical (unpaired) electrons. The van der Waals surface area contributed by atoms with Crippen molar-refractivity contribution in [2.75, 3.05) is 18.6 Å². The van der Waals surface area contributed by atoms with Gasteiger partial charge in [-0.05, 0) is 30.3 Å². The maximum atomic E-state index is 12.8. The number of halogens is 2. The molecule has 0 aliphatic carbocycles. The van der Waals surface area contributed by atoms with Crippen LogP contribution in [0.2, 0.25) is 0 Å². The van der Waals surface area contributed by atoms with Crippen molar-refractivity contribution in [3.05, 3.63) is 66.7 Å². The van der Waals surface area contributed by atoms with Crippen LogP contribution in [-0.4, -0.2) is 26.2 Å². The molecule has 0 aliphatic heterocycles. The quantitative estimate of drug-likeness (QED) is 0.715. The van der Waals surface area contributed by atoms with E-state index >= 15 is 0 Å². The number of carbonyl (C=O) groups is 1. The SMILES string of the molecule is C=CCN(C(=O)c1ccc(OC(F)F)c(OC)c1)c1ccccc1. The number of alkyl halides is 2. The van der Waals surface area contributed by atoms with Crippen LogP contribution in [0.4, 0.5) is 14.5 Å². The Labute approximate surface area is 138 Å². The molecule has 0 spiro atoms. The number of hydrogen-bond donors (Lipinski definition) is 0. The molecular weight excluding hydrogens is 316 g/mol. The van der Waals surface area contributed by atoms with Crippen molar-refractivity contribution < 1.29 is 23.0 Å². The molecule has 126 valence electrons. The Balaban J connectivity index is 2.34. The van der Waals surface area contributed by atoms with Crippen molar-refractivity contribution in [2.24, 2.45) is 0 Å². The predicted octanol–water partition coefficient (Wildman–Crippen LogP) is 4.13. The summed E-state index contributed by atoms with van der Waals surface area (Å²) in [4.78, 5) is 14.3. The lowest BCUT2D eigenvalue weighted by Gasteiger charge is -2.22. The smallest absolute Gasteiger partial charge is 0.387 e. The third kappa shape index (κ3) is 4.10. The van der Waals surface area contributed by atoms with Crippen LogP contribution in [0.3, 0.4) is 0 Å². The Hall–Kier alpha value is -2.89. The summed E-state index contributed by atoms with van der Waals surface area (Å²) in [7, 11) is 1.32. The largest absolute Gasteiger partial charge is 0.493 e. The Morgan fingerprint density at radius 2 is 1.92 bits per heavy atom. The summed E-state index contributed by atoms with van der Waals surface area (Å²) in [6.07, 6.45) is 1.61. The average Bonchev–Trinajstić information content (AvgIpc) is 2.59. The first-order chi connectivity index (χ1) is 11.6. The van der Waals surface area contributed by atoms with E-state index in [1.807, 2.05) is 18.2 Å². The van der Waals surface area contributed by atoms with Crippen molar-refractivity contribution in [1.29, 1.82) is 0 Å². The summed E-state index contributed by atoms with van der Waals surface area (Å²) in [5, 5.41) is 0. The fourth-order valence-corrected chi connectivity index (χ4v) is 2.19. The molecule has 1 amide bonds. The van der Waals surface area contributed by atoms with Crippen LogP contribution in [0.15, 0.2) is 61.2 Å². The number of hydrogen-bond acceptors (Lipinski definition) is 3. The monoisotopic (exact) mass is 333 g/mol. The van der Waals surface area contributed by atoms with Gasteiger partial charge in [-0.1, -0.05) is 24.3 Å². The highest BCUT2D eigenvalue weighted by Crippen LogP contribution is 2.30. The zero-order valence-electron chi connectivity index (χ0n) is 13.1. The highest BCUT2D eigenvalue weighted by molar-refractivity contribution is 6.06. The molecule has 0 heterocycles. The molecule has 0 fully saturated rings. The lowest BCUT2D eigenvalue weighted by atomic mass is 10.1. The van der Waals surface area contributed by atoms with Crippen LogP contribution in [0.25, 0.3) is 0 Å². The third-order valence-corrected chi connectivity index (χ3v) is 3.25. The molecule has 0 saturated heterocycles. The van der Waals surface area contributed by atoms with E-state index in [1.54, 1.807) is 18.2 Å². The molecule has 2 aromatic carbocycles. The second kappa shape index (κ2) is 8.10. The van der Waals surface area contributed by atoms with Crippen molar-refractivity contribution >= 4 is 11.6 Å². The standard InChI is InChI=1S/C18H17F2NO3/c1-3-11-21(14-7-5-4-6-8-14)17(22)13-9-10-15(24-18(19)20)16(12-13)23-2/h3-10,12,18H,1,11H2,2H3. The van der Waals surface area contributed by atoms with E-state index in [2.05, 4.69) is 11.3 Å². The number of carbonyl (C=O) groups excluding carboxylic acids is 1. The third-order valence-electron chi connectivity index (χ3n) is 3.25. The van der Waals surface area contributed by atoms with Crippen LogP contribution in [0.5, 0.6) is 11.5 Å². The van der Waals surface area contributed by atoms with E-state index in [0.717, 1.165) is 0 Å². The van der Waals surface area contributed by atoms with Crippen LogP contribution < -0.4 is 14.4 Å². The van der Waals surface area contributed by atoms with Gasteiger partial charge < -0.3 is 14.4 Å². The Kier molecular flexibility index (Phi) is 5.89. The molecule has 0 atom stereocenters. The number of rotatable bonds is 7. The molecule has 2 rings (SSSR count). The van der Waals surface area contributed by atoms with Gasteiger partial charge in [0.1, 0.15) is 0 Å². The fraction of sp³-hybridized carbons (Fsp3) is 0.167. The summed E-state index contributed by atoms with van der Waals surface area (Å²) in [5.41, 5.74) is 0.994. The minimum atomic E-state index is -2.97. The Bertz CT molecular complexity index is 705. The van der Waals surface area contributed by atoms with Crippen molar-refractivity contribution in [3.63, 3.8) is 0 Å². The first-order valence-corrected chi connectivity index (χ1v) is 7.17. The molecule has 0 aliphatic rings. The molecule has 0 bridgehead atoms. The predicted molar refractivity (Wildman–Crippen MR) is 87.9 cm³/mol. The number of amides is 1. The molecule has 24 heavy (non-hydrogen) atoms. The van der Waals surface area contributed by atoms with E-state index in [0.29, 0.717) is 17.8 Å². The number of para-hydroxylation sites is 1. The first-order valence-electron chi connectivity index (χ1n) is 7.17. The van der Waals surface area contributed by atoms with Crippen LogP contribution in [0, 0.1) is 0 Å². The van der Waals surface area contributed by atoms with Gasteiger partial charge in [-0.2, -0.15) is 8.78 Å². The van der Waals surface area contributed by atoms with Crippen LogP contribution >= 0.6 is 0 Å². The molecule has 6 heteroatoms. The minimum Gasteiger partial charge on any atom is -0.493 e. The van der Waals surface area contributed by atoms with Gasteiger partial charge in [-0.3, -0.25) is 4.79 Å². The summed E-state index contributed by atoms with van der Waals surface area (Å²) >= 11 is 0. The highest BCUT2D eigenvalue weighted by Gasteiger charge is 2.19. The van der Waals surface area contributed by atoms with E-state index in [9.17, 15) is 13.6 Å². The van der Waals surface area contributed by atoms with Crippen LogP contribution in [0.1, 0.15) is 10.4 Å². The second-order valence-corrected chi connectivity index (χ2v) is 4.78. The van der Waals surface area contributed by atoms with Crippen molar-refractivity contribution in [1.82, 2.24) is 0 Å². The second-order valence-electron chi connectivity index (χ2n) is 4.78. The molecule has 0 unspecified atom stereocenters. The van der Waals surface area contributed by atoms with Gasteiger partial charge in [-0.25, -0.2) is 0 Å². The molecule has 2 aromatic rings. The van der Waals surface area contributed by atoms with Gasteiger partial charge in [0.05, 0.1) is 7.11 Å². The lowest BCUT2D eigenvalue weighted by molar-refractivity contribution is -0.0512. The maximum Gasteiger partial charge on any atom is 0.387 e. The van der Waals surface area contributed by atoms with Gasteiger partial charge in [0.15, 0.2) is 11.5 Å². The zero-order valence-corrected chi connectivity index (χ0v) is 13.1. The van der Waals surface area contributed by atoms with Crippen LogP contribution in [-0.2, 0) is 0 Å². The van der Waals surface area contributed by atoms with Gasteiger partial charge in [0.25, 0.3) is 5.91 Å². The summed E-state index contributed by atoms with van der Waals surface area (Å²) in [6, 6.07) is 13.2. The van der Waals surface area contributed by atoms with Crippen molar-refractivity contribution in [2.45, 2.75) is 6.61 Å². The van der Waals surface area contributed by atoms with Crippen molar-refractivity contribution in [3.8, 4) is 11.5 Å². The minimum absolute atomic E-state index is 0.0627. The van der Waals surface area contributed by atoms with Gasteiger partial charge in [0.2, 0.25) is 0 Å². The van der Waals surface area contributed by atoms with E-state index in [4.69, 9.17) is 4.74 Å². The van der Waals surface area contributed by atoms with E-state index < -0.39 is 6.61 Å². The zero-order chi connectivity index (χ0) is 17.5. The number of anilines is 1. The molecule has 0 saturated carbocycles. The first kappa shape index (κ1) is 17.5. The molecule has 0 aromatic heterocycles. The summed E-state index contributed by atoms with van der Waals surface area (Å²) < 4.78 is 34.2. The average molecular weight is 333 g/mol. The number of benzene rings is 2. The van der Waals surface area contributed by atoms with Gasteiger partial charge in [-0.15, -0.1) is 6.58 Å². The summed E-state index contributed by atoms with van der Waals surface area (Å²) in [5.74, 6) is -0.366.